The molecule has 0 amide bonds. The fraction of sp³-hybridized carbons (Fsp3) is 0.333. The van der Waals surface area contributed by atoms with E-state index in [4.69, 9.17) is 4.74 Å². The van der Waals surface area contributed by atoms with E-state index < -0.39 is 5.95 Å². The predicted octanol–water partition coefficient (Wildman–Crippen LogP) is 2.00. The van der Waals surface area contributed by atoms with Gasteiger partial charge in [-0.25, -0.2) is 4.98 Å². The fourth-order valence-corrected chi connectivity index (χ4v) is 1.47. The molecule has 0 aliphatic rings. The summed E-state index contributed by atoms with van der Waals surface area (Å²) in [7, 11) is 0. The zero-order valence-corrected chi connectivity index (χ0v) is 9.64. The standard InChI is InChI=1S/C12H14FN3O/c1-2-17-9-11-6-15-16(8-11)7-10-3-4-12(13)14-5-10/h3-6,8H,2,7,9H2,1H3. The topological polar surface area (TPSA) is 39.9 Å². The summed E-state index contributed by atoms with van der Waals surface area (Å²) >= 11 is 0. The van der Waals surface area contributed by atoms with Crippen LogP contribution in [0.1, 0.15) is 18.1 Å². The van der Waals surface area contributed by atoms with E-state index in [2.05, 4.69) is 10.1 Å². The van der Waals surface area contributed by atoms with E-state index >= 15 is 0 Å². The van der Waals surface area contributed by atoms with Gasteiger partial charge in [0.05, 0.1) is 19.3 Å². The van der Waals surface area contributed by atoms with Gasteiger partial charge in [-0.2, -0.15) is 9.49 Å². The van der Waals surface area contributed by atoms with E-state index in [1.54, 1.807) is 16.9 Å². The van der Waals surface area contributed by atoms with Crippen molar-refractivity contribution >= 4 is 0 Å². The summed E-state index contributed by atoms with van der Waals surface area (Å²) in [5.41, 5.74) is 1.94. The Bertz CT molecular complexity index is 467. The maximum Gasteiger partial charge on any atom is 0.212 e. The van der Waals surface area contributed by atoms with Gasteiger partial charge in [-0.3, -0.25) is 4.68 Å². The third-order valence-electron chi connectivity index (χ3n) is 2.29. The lowest BCUT2D eigenvalue weighted by Crippen LogP contribution is -2.00. The molecule has 0 radical (unpaired) electrons. The highest BCUT2D eigenvalue weighted by molar-refractivity contribution is 5.11. The van der Waals surface area contributed by atoms with Crippen molar-refractivity contribution in [3.8, 4) is 0 Å². The first-order valence-corrected chi connectivity index (χ1v) is 5.47. The van der Waals surface area contributed by atoms with Gasteiger partial charge in [0.25, 0.3) is 0 Å². The van der Waals surface area contributed by atoms with Gasteiger partial charge >= 0.3 is 0 Å². The van der Waals surface area contributed by atoms with Crippen molar-refractivity contribution in [3.63, 3.8) is 0 Å². The molecule has 0 unspecified atom stereocenters. The molecule has 5 heteroatoms. The van der Waals surface area contributed by atoms with Crippen LogP contribution in [0.3, 0.4) is 0 Å². The molecule has 90 valence electrons. The van der Waals surface area contributed by atoms with Crippen molar-refractivity contribution in [2.45, 2.75) is 20.1 Å². The number of aromatic nitrogens is 3. The van der Waals surface area contributed by atoms with Crippen LogP contribution in [-0.4, -0.2) is 21.4 Å². The van der Waals surface area contributed by atoms with E-state index in [-0.39, 0.29) is 0 Å². The molecular formula is C12H14FN3O. The van der Waals surface area contributed by atoms with Crippen molar-refractivity contribution < 1.29 is 9.13 Å². The minimum Gasteiger partial charge on any atom is -0.377 e. The molecule has 0 atom stereocenters. The minimum atomic E-state index is -0.466. The first-order valence-electron chi connectivity index (χ1n) is 5.47. The van der Waals surface area contributed by atoms with Crippen LogP contribution in [0, 0.1) is 5.95 Å². The molecule has 0 saturated carbocycles. The molecular weight excluding hydrogens is 221 g/mol. The second kappa shape index (κ2) is 5.54. The van der Waals surface area contributed by atoms with Gasteiger partial charge in [-0.15, -0.1) is 0 Å². The number of nitrogens with zero attached hydrogens (tertiary/aromatic N) is 3. The van der Waals surface area contributed by atoms with Gasteiger partial charge in [0.2, 0.25) is 5.95 Å². The number of hydrogen-bond acceptors (Lipinski definition) is 3. The maximum atomic E-state index is 12.6. The molecule has 2 aromatic rings. The average Bonchev–Trinajstić information content (AvgIpc) is 2.77. The summed E-state index contributed by atoms with van der Waals surface area (Å²) in [6.07, 6.45) is 5.20. The van der Waals surface area contributed by atoms with Crippen molar-refractivity contribution in [1.29, 1.82) is 0 Å². The molecule has 0 aromatic carbocycles. The van der Waals surface area contributed by atoms with Gasteiger partial charge in [0.1, 0.15) is 0 Å². The SMILES string of the molecule is CCOCc1cnn(Cc2ccc(F)nc2)c1. The summed E-state index contributed by atoms with van der Waals surface area (Å²) in [6.45, 7) is 3.79. The van der Waals surface area contributed by atoms with Crippen molar-refractivity contribution in [2.24, 2.45) is 0 Å². The van der Waals surface area contributed by atoms with Crippen LogP contribution in [0.15, 0.2) is 30.7 Å². The number of hydrogen-bond donors (Lipinski definition) is 0. The molecule has 0 aliphatic carbocycles. The summed E-state index contributed by atoms with van der Waals surface area (Å²) < 4.78 is 19.7. The van der Waals surface area contributed by atoms with Crippen molar-refractivity contribution in [2.75, 3.05) is 6.61 Å². The van der Waals surface area contributed by atoms with Crippen LogP contribution in [0.25, 0.3) is 0 Å². The average molecular weight is 235 g/mol. The Labute approximate surface area is 99.1 Å². The Morgan fingerprint density at radius 2 is 2.18 bits per heavy atom. The molecule has 2 heterocycles. The first-order chi connectivity index (χ1) is 8.28. The molecule has 0 aliphatic heterocycles. The maximum absolute atomic E-state index is 12.6. The molecule has 0 fully saturated rings. The van der Waals surface area contributed by atoms with Crippen LogP contribution in [0.2, 0.25) is 0 Å². The normalized spacial score (nSPS) is 10.7. The molecule has 2 rings (SSSR count). The lowest BCUT2D eigenvalue weighted by molar-refractivity contribution is 0.134. The van der Waals surface area contributed by atoms with E-state index in [9.17, 15) is 4.39 Å². The van der Waals surface area contributed by atoms with E-state index in [1.165, 1.54) is 12.3 Å². The summed E-state index contributed by atoms with van der Waals surface area (Å²) in [5, 5.41) is 4.20. The van der Waals surface area contributed by atoms with E-state index in [0.717, 1.165) is 11.1 Å². The van der Waals surface area contributed by atoms with E-state index in [1.807, 2.05) is 13.1 Å². The second-order valence-corrected chi connectivity index (χ2v) is 3.67. The smallest absolute Gasteiger partial charge is 0.212 e. The summed E-state index contributed by atoms with van der Waals surface area (Å²) in [6, 6.07) is 3.05. The predicted molar refractivity (Wildman–Crippen MR) is 60.9 cm³/mol. The fourth-order valence-electron chi connectivity index (χ4n) is 1.47. The Morgan fingerprint density at radius 3 is 2.88 bits per heavy atom. The molecule has 4 nitrogen and oxygen atoms in total. The van der Waals surface area contributed by atoms with Crippen LogP contribution in [0.5, 0.6) is 0 Å². The van der Waals surface area contributed by atoms with Gasteiger partial charge < -0.3 is 4.74 Å². The van der Waals surface area contributed by atoms with Crippen molar-refractivity contribution in [1.82, 2.24) is 14.8 Å². The number of pyridine rings is 1. The molecule has 0 spiro atoms. The van der Waals surface area contributed by atoms with Gasteiger partial charge in [-0.1, -0.05) is 6.07 Å². The largest absolute Gasteiger partial charge is 0.377 e. The number of rotatable bonds is 5. The zero-order valence-electron chi connectivity index (χ0n) is 9.64. The molecule has 17 heavy (non-hydrogen) atoms. The van der Waals surface area contributed by atoms with Gasteiger partial charge in [0.15, 0.2) is 0 Å². The summed E-state index contributed by atoms with van der Waals surface area (Å²) in [4.78, 5) is 3.60. The molecule has 2 aromatic heterocycles. The lowest BCUT2D eigenvalue weighted by atomic mass is 10.3. The Balaban J connectivity index is 1.98. The third-order valence-corrected chi connectivity index (χ3v) is 2.29. The van der Waals surface area contributed by atoms with Crippen LogP contribution in [-0.2, 0) is 17.9 Å². The second-order valence-electron chi connectivity index (χ2n) is 3.67. The quantitative estimate of drug-likeness (QED) is 0.744. The Hall–Kier alpha value is -1.75. The molecule has 0 saturated heterocycles. The highest BCUT2D eigenvalue weighted by Gasteiger charge is 2.00. The Morgan fingerprint density at radius 1 is 1.29 bits per heavy atom. The molecule has 0 bridgehead atoms. The number of ether oxygens (including phenoxy) is 1. The highest BCUT2D eigenvalue weighted by atomic mass is 19.1. The Kier molecular flexibility index (Phi) is 3.82. The monoisotopic (exact) mass is 235 g/mol. The minimum absolute atomic E-state index is 0.466. The van der Waals surface area contributed by atoms with Crippen LogP contribution >= 0.6 is 0 Å². The summed E-state index contributed by atoms with van der Waals surface area (Å²) in [5.74, 6) is -0.466. The highest BCUT2D eigenvalue weighted by Crippen LogP contribution is 2.05. The zero-order chi connectivity index (χ0) is 12.1. The van der Waals surface area contributed by atoms with Crippen molar-refractivity contribution in [3.05, 3.63) is 47.8 Å². The molecule has 0 N–H and O–H groups in total. The first kappa shape index (κ1) is 11.7. The van der Waals surface area contributed by atoms with Crippen LogP contribution < -0.4 is 0 Å². The van der Waals surface area contributed by atoms with E-state index in [0.29, 0.717) is 19.8 Å². The number of halogens is 1. The van der Waals surface area contributed by atoms with Gasteiger partial charge in [0, 0.05) is 24.6 Å². The lowest BCUT2D eigenvalue weighted by Gasteiger charge is -2.01. The third kappa shape index (κ3) is 3.35. The van der Waals surface area contributed by atoms with Crippen LogP contribution in [0.4, 0.5) is 4.39 Å². The van der Waals surface area contributed by atoms with Gasteiger partial charge in [-0.05, 0) is 18.6 Å².